The van der Waals surface area contributed by atoms with Crippen LogP contribution in [-0.4, -0.2) is 50.4 Å². The molecule has 0 atom stereocenters. The second-order valence-corrected chi connectivity index (χ2v) is 6.94. The summed E-state index contributed by atoms with van der Waals surface area (Å²) in [5.41, 5.74) is -0.624. The molecule has 0 spiro atoms. The molecule has 1 fully saturated rings. The van der Waals surface area contributed by atoms with E-state index in [-0.39, 0.29) is 13.0 Å². The van der Waals surface area contributed by atoms with Gasteiger partial charge in [0, 0.05) is 13.1 Å². The minimum Gasteiger partial charge on any atom is -0.481 e. The molecule has 0 unspecified atom stereocenters. The zero-order valence-electron chi connectivity index (χ0n) is 11.4. The van der Waals surface area contributed by atoms with Crippen molar-refractivity contribution < 1.29 is 23.1 Å². The number of amides is 2. The highest BCUT2D eigenvalue weighted by Crippen LogP contribution is 2.34. The van der Waals surface area contributed by atoms with Gasteiger partial charge in [-0.1, -0.05) is 0 Å². The zero-order chi connectivity index (χ0) is 15.2. The van der Waals surface area contributed by atoms with E-state index in [1.54, 1.807) is 0 Å². The van der Waals surface area contributed by atoms with Gasteiger partial charge in [0.2, 0.25) is 10.0 Å². The van der Waals surface area contributed by atoms with E-state index in [2.05, 4.69) is 15.4 Å². The van der Waals surface area contributed by atoms with Crippen molar-refractivity contribution in [3.63, 3.8) is 0 Å². The maximum Gasteiger partial charge on any atom is 0.315 e. The predicted octanol–water partition coefficient (Wildman–Crippen LogP) is -0.378. The van der Waals surface area contributed by atoms with Crippen LogP contribution in [0.4, 0.5) is 4.79 Å². The molecular weight excluding hydrogens is 286 g/mol. The molecule has 1 aliphatic carbocycles. The van der Waals surface area contributed by atoms with Crippen LogP contribution >= 0.6 is 0 Å². The normalized spacial score (nSPS) is 17.1. The average molecular weight is 307 g/mol. The summed E-state index contributed by atoms with van der Waals surface area (Å²) in [4.78, 5) is 22.4. The Kier molecular flexibility index (Phi) is 5.75. The fourth-order valence-electron chi connectivity index (χ4n) is 2.07. The molecule has 1 rings (SSSR count). The molecular formula is C11H21N3O5S. The molecule has 0 bridgehead atoms. The first-order valence-corrected chi connectivity index (χ1v) is 8.34. The van der Waals surface area contributed by atoms with Crippen molar-refractivity contribution in [3.05, 3.63) is 0 Å². The lowest BCUT2D eigenvalue weighted by Crippen LogP contribution is -2.57. The van der Waals surface area contributed by atoms with Crippen LogP contribution in [0.2, 0.25) is 0 Å². The van der Waals surface area contributed by atoms with E-state index in [0.717, 1.165) is 12.7 Å². The van der Waals surface area contributed by atoms with Crippen molar-refractivity contribution in [2.24, 2.45) is 0 Å². The van der Waals surface area contributed by atoms with Gasteiger partial charge in [-0.3, -0.25) is 4.79 Å². The molecule has 9 heteroatoms. The molecule has 0 aromatic heterocycles. The van der Waals surface area contributed by atoms with Gasteiger partial charge < -0.3 is 15.7 Å². The van der Waals surface area contributed by atoms with Crippen molar-refractivity contribution in [1.29, 1.82) is 0 Å². The summed E-state index contributed by atoms with van der Waals surface area (Å²) in [6.07, 6.45) is 3.71. The van der Waals surface area contributed by atoms with Gasteiger partial charge in [0.05, 0.1) is 18.2 Å². The van der Waals surface area contributed by atoms with Gasteiger partial charge in [-0.2, -0.15) is 0 Å². The summed E-state index contributed by atoms with van der Waals surface area (Å²) in [6, 6.07) is -0.412. The maximum atomic E-state index is 11.6. The molecule has 8 nitrogen and oxygen atoms in total. The molecule has 0 aromatic rings. The van der Waals surface area contributed by atoms with E-state index in [1.165, 1.54) is 0 Å². The van der Waals surface area contributed by atoms with Crippen LogP contribution in [0.25, 0.3) is 0 Å². The number of sulfonamides is 1. The third kappa shape index (κ3) is 6.20. The molecule has 20 heavy (non-hydrogen) atoms. The smallest absolute Gasteiger partial charge is 0.315 e. The Labute approximate surface area is 118 Å². The van der Waals surface area contributed by atoms with E-state index in [1.807, 2.05) is 0 Å². The first kappa shape index (κ1) is 16.7. The number of carbonyl (C=O) groups excluding carboxylic acids is 1. The number of nitrogens with one attached hydrogen (secondary N) is 3. The molecule has 116 valence electrons. The van der Waals surface area contributed by atoms with Gasteiger partial charge in [0.1, 0.15) is 0 Å². The Hall–Kier alpha value is -1.35. The van der Waals surface area contributed by atoms with Crippen molar-refractivity contribution in [2.45, 2.75) is 37.6 Å². The van der Waals surface area contributed by atoms with Crippen LogP contribution in [0.1, 0.15) is 32.1 Å². The van der Waals surface area contributed by atoms with Gasteiger partial charge >= 0.3 is 12.0 Å². The summed E-state index contributed by atoms with van der Waals surface area (Å²) in [5, 5.41) is 14.1. The van der Waals surface area contributed by atoms with Gasteiger partial charge in [0.25, 0.3) is 0 Å². The SMILES string of the molecule is CS(=O)(=O)NCCCNC(=O)NC1(CC(=O)O)CCC1. The van der Waals surface area contributed by atoms with Crippen molar-refractivity contribution in [2.75, 3.05) is 19.3 Å². The standard InChI is InChI=1S/C11H21N3O5S/c1-20(18,19)13-7-3-6-12-10(17)14-11(4-2-5-11)8-9(15)16/h13H,2-8H2,1H3,(H,15,16)(H2,12,14,17). The number of urea groups is 1. The van der Waals surface area contributed by atoms with Gasteiger partial charge in [-0.25, -0.2) is 17.9 Å². The zero-order valence-corrected chi connectivity index (χ0v) is 12.3. The molecule has 4 N–H and O–H groups in total. The second-order valence-electron chi connectivity index (χ2n) is 5.11. The van der Waals surface area contributed by atoms with Crippen LogP contribution in [0, 0.1) is 0 Å². The summed E-state index contributed by atoms with van der Waals surface area (Å²) < 4.78 is 23.9. The molecule has 2 amide bonds. The summed E-state index contributed by atoms with van der Waals surface area (Å²) >= 11 is 0. The second kappa shape index (κ2) is 6.89. The Morgan fingerprint density at radius 1 is 1.25 bits per heavy atom. The molecule has 0 aliphatic heterocycles. The van der Waals surface area contributed by atoms with Crippen LogP contribution < -0.4 is 15.4 Å². The Morgan fingerprint density at radius 3 is 2.35 bits per heavy atom. The highest BCUT2D eigenvalue weighted by molar-refractivity contribution is 7.88. The van der Waals surface area contributed by atoms with Crippen molar-refractivity contribution in [3.8, 4) is 0 Å². The lowest BCUT2D eigenvalue weighted by Gasteiger charge is -2.41. The van der Waals surface area contributed by atoms with Gasteiger partial charge in [0.15, 0.2) is 0 Å². The quantitative estimate of drug-likeness (QED) is 0.455. The number of aliphatic carboxylic acids is 1. The number of carboxylic acids is 1. The van der Waals surface area contributed by atoms with Crippen LogP contribution in [0.15, 0.2) is 0 Å². The molecule has 0 saturated heterocycles. The lowest BCUT2D eigenvalue weighted by atomic mass is 9.74. The van der Waals surface area contributed by atoms with Crippen molar-refractivity contribution in [1.82, 2.24) is 15.4 Å². The number of hydrogen-bond acceptors (Lipinski definition) is 4. The highest BCUT2D eigenvalue weighted by Gasteiger charge is 2.40. The lowest BCUT2D eigenvalue weighted by molar-refractivity contribution is -0.139. The Bertz CT molecular complexity index is 459. The van der Waals surface area contributed by atoms with E-state index < -0.39 is 27.6 Å². The van der Waals surface area contributed by atoms with Crippen LogP contribution in [-0.2, 0) is 14.8 Å². The first-order chi connectivity index (χ1) is 9.22. The summed E-state index contributed by atoms with van der Waals surface area (Å²) in [5.74, 6) is -0.928. The Morgan fingerprint density at radius 2 is 1.90 bits per heavy atom. The summed E-state index contributed by atoms with van der Waals surface area (Å²) in [7, 11) is -3.21. The highest BCUT2D eigenvalue weighted by atomic mass is 32.2. The fraction of sp³-hybridized carbons (Fsp3) is 0.818. The van der Waals surface area contributed by atoms with E-state index in [4.69, 9.17) is 5.11 Å². The van der Waals surface area contributed by atoms with E-state index in [0.29, 0.717) is 25.8 Å². The third-order valence-electron chi connectivity index (χ3n) is 3.18. The monoisotopic (exact) mass is 307 g/mol. The number of hydrogen-bond donors (Lipinski definition) is 4. The molecule has 0 heterocycles. The molecule has 1 saturated carbocycles. The molecule has 0 radical (unpaired) electrons. The minimum atomic E-state index is -3.21. The Balaban J connectivity index is 2.21. The van der Waals surface area contributed by atoms with E-state index in [9.17, 15) is 18.0 Å². The molecule has 0 aromatic carbocycles. The molecule has 1 aliphatic rings. The first-order valence-electron chi connectivity index (χ1n) is 6.45. The van der Waals surface area contributed by atoms with Crippen molar-refractivity contribution >= 4 is 22.0 Å². The van der Waals surface area contributed by atoms with E-state index >= 15 is 0 Å². The maximum absolute atomic E-state index is 11.6. The number of carboxylic acid groups (broad SMARTS) is 1. The average Bonchev–Trinajstić information content (AvgIpc) is 2.23. The van der Waals surface area contributed by atoms with Crippen LogP contribution in [0.5, 0.6) is 0 Å². The number of rotatable bonds is 8. The van der Waals surface area contributed by atoms with Crippen LogP contribution in [0.3, 0.4) is 0 Å². The van der Waals surface area contributed by atoms with Gasteiger partial charge in [-0.15, -0.1) is 0 Å². The minimum absolute atomic E-state index is 0.0734. The largest absolute Gasteiger partial charge is 0.481 e. The predicted molar refractivity (Wildman–Crippen MR) is 72.8 cm³/mol. The summed E-state index contributed by atoms with van der Waals surface area (Å²) in [6.45, 7) is 0.566. The topological polar surface area (TPSA) is 125 Å². The van der Waals surface area contributed by atoms with Gasteiger partial charge in [-0.05, 0) is 25.7 Å². The number of carbonyl (C=O) groups is 2. The fourth-order valence-corrected chi connectivity index (χ4v) is 2.59. The third-order valence-corrected chi connectivity index (χ3v) is 3.91.